The Morgan fingerprint density at radius 1 is 1.13 bits per heavy atom. The van der Waals surface area contributed by atoms with Crippen molar-refractivity contribution in [1.82, 2.24) is 0 Å². The number of aryl methyl sites for hydroxylation is 1. The molecule has 80 valence electrons. The molecule has 0 N–H and O–H groups in total. The summed E-state index contributed by atoms with van der Waals surface area (Å²) in [4.78, 5) is 22.6. The van der Waals surface area contributed by atoms with Gasteiger partial charge in [0.05, 0.1) is 11.5 Å². The predicted octanol–water partition coefficient (Wildman–Crippen LogP) is 2.33. The highest BCUT2D eigenvalue weighted by Crippen LogP contribution is 2.06. The van der Waals surface area contributed by atoms with Crippen LogP contribution in [0.15, 0.2) is 24.3 Å². The van der Waals surface area contributed by atoms with Crippen molar-refractivity contribution in [2.24, 2.45) is 5.92 Å². The maximum atomic E-state index is 11.4. The van der Waals surface area contributed by atoms with Gasteiger partial charge in [0.2, 0.25) is 0 Å². The Labute approximate surface area is 89.1 Å². The molecule has 1 aromatic carbocycles. The largest absolute Gasteiger partial charge is 0.389 e. The molecular formula is C12H14O3. The van der Waals surface area contributed by atoms with Crippen LogP contribution >= 0.6 is 0 Å². The summed E-state index contributed by atoms with van der Waals surface area (Å²) in [7, 11) is 0. The average molecular weight is 206 g/mol. The number of rotatable bonds is 2. The third kappa shape index (κ3) is 3.20. The monoisotopic (exact) mass is 206 g/mol. The molecule has 0 fully saturated rings. The highest BCUT2D eigenvalue weighted by Gasteiger charge is 2.15. The zero-order valence-electron chi connectivity index (χ0n) is 9.11. The first-order valence-corrected chi connectivity index (χ1v) is 4.83. The maximum absolute atomic E-state index is 11.4. The Bertz CT molecular complexity index is 363. The molecule has 0 spiro atoms. The van der Waals surface area contributed by atoms with Gasteiger partial charge in [-0.2, -0.15) is 0 Å². The molecule has 0 heterocycles. The lowest BCUT2D eigenvalue weighted by molar-refractivity contribution is -0.141. The van der Waals surface area contributed by atoms with Gasteiger partial charge in [-0.05, 0) is 19.1 Å². The first-order chi connectivity index (χ1) is 7.00. The highest BCUT2D eigenvalue weighted by atomic mass is 16.6. The van der Waals surface area contributed by atoms with Crippen molar-refractivity contribution in [2.45, 2.75) is 20.8 Å². The zero-order valence-corrected chi connectivity index (χ0v) is 9.11. The zero-order chi connectivity index (χ0) is 11.4. The summed E-state index contributed by atoms with van der Waals surface area (Å²) in [5, 5.41) is 0. The van der Waals surface area contributed by atoms with Crippen LogP contribution < -0.4 is 0 Å². The van der Waals surface area contributed by atoms with E-state index in [4.69, 9.17) is 0 Å². The van der Waals surface area contributed by atoms with E-state index in [0.717, 1.165) is 5.56 Å². The molecule has 15 heavy (non-hydrogen) atoms. The van der Waals surface area contributed by atoms with Crippen LogP contribution in [-0.4, -0.2) is 11.9 Å². The van der Waals surface area contributed by atoms with Crippen molar-refractivity contribution in [3.8, 4) is 0 Å². The predicted molar refractivity (Wildman–Crippen MR) is 56.4 cm³/mol. The van der Waals surface area contributed by atoms with E-state index in [9.17, 15) is 9.59 Å². The minimum Gasteiger partial charge on any atom is -0.389 e. The molecule has 0 unspecified atom stereocenters. The molecule has 1 rings (SSSR count). The molecule has 0 saturated heterocycles. The Morgan fingerprint density at radius 2 is 1.67 bits per heavy atom. The molecule has 0 bridgehead atoms. The van der Waals surface area contributed by atoms with Gasteiger partial charge in [-0.1, -0.05) is 31.5 Å². The number of ether oxygens (including phenoxy) is 1. The third-order valence-electron chi connectivity index (χ3n) is 1.95. The first-order valence-electron chi connectivity index (χ1n) is 4.83. The second-order valence-electron chi connectivity index (χ2n) is 3.73. The van der Waals surface area contributed by atoms with Gasteiger partial charge in [-0.3, -0.25) is 4.79 Å². The number of benzene rings is 1. The molecule has 0 aliphatic heterocycles. The van der Waals surface area contributed by atoms with Crippen molar-refractivity contribution in [2.75, 3.05) is 0 Å². The molecular weight excluding hydrogens is 192 g/mol. The number of carbonyl (C=O) groups excluding carboxylic acids is 2. The molecule has 3 heteroatoms. The highest BCUT2D eigenvalue weighted by molar-refractivity contribution is 5.97. The lowest BCUT2D eigenvalue weighted by Crippen LogP contribution is -2.17. The number of esters is 2. The fourth-order valence-corrected chi connectivity index (χ4v) is 0.958. The van der Waals surface area contributed by atoms with E-state index >= 15 is 0 Å². The van der Waals surface area contributed by atoms with Gasteiger partial charge < -0.3 is 4.74 Å². The summed E-state index contributed by atoms with van der Waals surface area (Å²) in [5.74, 6) is -1.38. The molecule has 0 radical (unpaired) electrons. The minimum atomic E-state index is -0.589. The van der Waals surface area contributed by atoms with Crippen LogP contribution in [0.4, 0.5) is 0 Å². The van der Waals surface area contributed by atoms with Crippen molar-refractivity contribution in [1.29, 1.82) is 0 Å². The number of hydrogen-bond donors (Lipinski definition) is 0. The van der Waals surface area contributed by atoms with E-state index in [2.05, 4.69) is 4.74 Å². The quantitative estimate of drug-likeness (QED) is 0.551. The second kappa shape index (κ2) is 4.73. The van der Waals surface area contributed by atoms with E-state index < -0.39 is 11.9 Å². The van der Waals surface area contributed by atoms with Crippen molar-refractivity contribution in [3.05, 3.63) is 35.4 Å². The molecule has 0 atom stereocenters. The van der Waals surface area contributed by atoms with Gasteiger partial charge in [-0.15, -0.1) is 0 Å². The lowest BCUT2D eigenvalue weighted by Gasteiger charge is -2.05. The van der Waals surface area contributed by atoms with Crippen LogP contribution in [0.1, 0.15) is 29.8 Å². The normalized spacial score (nSPS) is 10.1. The molecule has 0 saturated carbocycles. The topological polar surface area (TPSA) is 43.4 Å². The fourth-order valence-electron chi connectivity index (χ4n) is 0.958. The van der Waals surface area contributed by atoms with Crippen LogP contribution in [0.25, 0.3) is 0 Å². The van der Waals surface area contributed by atoms with E-state index in [1.165, 1.54) is 0 Å². The maximum Gasteiger partial charge on any atom is 0.345 e. The Kier molecular flexibility index (Phi) is 3.61. The van der Waals surface area contributed by atoms with Gasteiger partial charge >= 0.3 is 11.9 Å². The smallest absolute Gasteiger partial charge is 0.345 e. The summed E-state index contributed by atoms with van der Waals surface area (Å²) in [6.07, 6.45) is 0. The molecule has 0 amide bonds. The van der Waals surface area contributed by atoms with Gasteiger partial charge in [0.1, 0.15) is 0 Å². The van der Waals surface area contributed by atoms with Gasteiger partial charge in [0.15, 0.2) is 0 Å². The van der Waals surface area contributed by atoms with E-state index in [1.54, 1.807) is 38.1 Å². The number of carbonyl (C=O) groups is 2. The number of hydrogen-bond acceptors (Lipinski definition) is 3. The summed E-state index contributed by atoms with van der Waals surface area (Å²) in [5.41, 5.74) is 1.45. The van der Waals surface area contributed by atoms with Gasteiger partial charge in [-0.25, -0.2) is 4.79 Å². The average Bonchev–Trinajstić information content (AvgIpc) is 2.18. The summed E-state index contributed by atoms with van der Waals surface area (Å²) >= 11 is 0. The fraction of sp³-hybridized carbons (Fsp3) is 0.333. The Balaban J connectivity index is 2.69. The SMILES string of the molecule is Cc1ccc(C(=O)OC(=O)C(C)C)cc1. The summed E-state index contributed by atoms with van der Waals surface area (Å²) in [6.45, 7) is 5.30. The summed E-state index contributed by atoms with van der Waals surface area (Å²) in [6, 6.07) is 6.89. The van der Waals surface area contributed by atoms with Crippen molar-refractivity contribution in [3.63, 3.8) is 0 Å². The Morgan fingerprint density at radius 3 is 2.13 bits per heavy atom. The standard InChI is InChI=1S/C12H14O3/c1-8(2)11(13)15-12(14)10-6-4-9(3)5-7-10/h4-8H,1-3H3. The van der Waals surface area contributed by atoms with Crippen LogP contribution in [0.5, 0.6) is 0 Å². The molecule has 1 aromatic rings. The lowest BCUT2D eigenvalue weighted by atomic mass is 10.1. The van der Waals surface area contributed by atoms with Crippen LogP contribution in [0.3, 0.4) is 0 Å². The van der Waals surface area contributed by atoms with Crippen molar-refractivity contribution >= 4 is 11.9 Å². The molecule has 3 nitrogen and oxygen atoms in total. The second-order valence-corrected chi connectivity index (χ2v) is 3.73. The summed E-state index contributed by atoms with van der Waals surface area (Å²) < 4.78 is 4.66. The van der Waals surface area contributed by atoms with Crippen molar-refractivity contribution < 1.29 is 14.3 Å². The molecule has 0 aliphatic rings. The van der Waals surface area contributed by atoms with Gasteiger partial charge in [0.25, 0.3) is 0 Å². The van der Waals surface area contributed by atoms with Crippen LogP contribution in [0.2, 0.25) is 0 Å². The van der Waals surface area contributed by atoms with E-state index in [-0.39, 0.29) is 5.92 Å². The minimum absolute atomic E-state index is 0.292. The van der Waals surface area contributed by atoms with Crippen LogP contribution in [0, 0.1) is 12.8 Å². The van der Waals surface area contributed by atoms with E-state index in [0.29, 0.717) is 5.56 Å². The first kappa shape index (κ1) is 11.4. The van der Waals surface area contributed by atoms with E-state index in [1.807, 2.05) is 6.92 Å². The molecule has 0 aromatic heterocycles. The van der Waals surface area contributed by atoms with Gasteiger partial charge in [0, 0.05) is 0 Å². The third-order valence-corrected chi connectivity index (χ3v) is 1.95. The van der Waals surface area contributed by atoms with Crippen LogP contribution in [-0.2, 0) is 9.53 Å². The Hall–Kier alpha value is -1.64. The molecule has 0 aliphatic carbocycles.